The highest BCUT2D eigenvalue weighted by molar-refractivity contribution is 6.02. The Labute approximate surface area is 116 Å². The quantitative estimate of drug-likeness (QED) is 0.894. The van der Waals surface area contributed by atoms with Crippen molar-refractivity contribution in [1.82, 2.24) is 10.2 Å². The molecule has 0 bridgehead atoms. The summed E-state index contributed by atoms with van der Waals surface area (Å²) in [5.41, 5.74) is 1.34. The van der Waals surface area contributed by atoms with Gasteiger partial charge in [0.1, 0.15) is 0 Å². The van der Waals surface area contributed by atoms with Crippen LogP contribution < -0.4 is 4.90 Å². The van der Waals surface area contributed by atoms with Gasteiger partial charge in [0, 0.05) is 18.0 Å². The van der Waals surface area contributed by atoms with E-state index in [4.69, 9.17) is 4.74 Å². The van der Waals surface area contributed by atoms with Crippen LogP contribution in [0.15, 0.2) is 24.3 Å². The summed E-state index contributed by atoms with van der Waals surface area (Å²) in [6, 6.07) is 7.57. The van der Waals surface area contributed by atoms with E-state index >= 15 is 0 Å². The fraction of sp³-hybridized carbons (Fsp3) is 0.357. The Kier molecular flexibility index (Phi) is 3.23. The van der Waals surface area contributed by atoms with E-state index in [1.807, 2.05) is 36.1 Å². The third kappa shape index (κ3) is 2.08. The normalized spacial score (nSPS) is 19.2. The number of benzene rings is 1. The first kappa shape index (κ1) is 12.8. The van der Waals surface area contributed by atoms with E-state index in [0.29, 0.717) is 31.0 Å². The van der Waals surface area contributed by atoms with E-state index in [1.165, 1.54) is 0 Å². The van der Waals surface area contributed by atoms with Gasteiger partial charge in [-0.05, 0) is 13.0 Å². The van der Waals surface area contributed by atoms with Crippen molar-refractivity contribution in [3.8, 4) is 0 Å². The SMILES string of the molecule is CC1COCCN1c1c(C(=O)O)nnc2ccccc12. The number of carboxylic acids is 1. The van der Waals surface area contributed by atoms with Gasteiger partial charge >= 0.3 is 5.97 Å². The number of anilines is 1. The molecule has 6 heteroatoms. The van der Waals surface area contributed by atoms with Crippen LogP contribution in [0.4, 0.5) is 5.69 Å². The molecule has 0 spiro atoms. The molecule has 2 heterocycles. The molecule has 0 aliphatic carbocycles. The molecular formula is C14H15N3O3. The molecule has 20 heavy (non-hydrogen) atoms. The van der Waals surface area contributed by atoms with Gasteiger partial charge in [-0.3, -0.25) is 0 Å². The molecule has 1 N–H and O–H groups in total. The van der Waals surface area contributed by atoms with Gasteiger partial charge in [0.2, 0.25) is 0 Å². The maximum absolute atomic E-state index is 11.5. The summed E-state index contributed by atoms with van der Waals surface area (Å²) < 4.78 is 5.42. The number of hydrogen-bond acceptors (Lipinski definition) is 5. The summed E-state index contributed by atoms with van der Waals surface area (Å²) in [6.45, 7) is 3.83. The van der Waals surface area contributed by atoms with E-state index in [1.54, 1.807) is 0 Å². The standard InChI is InChI=1S/C14H15N3O3/c1-9-8-20-7-6-17(9)13-10-4-2-3-5-11(10)15-16-12(13)14(18)19/h2-5,9H,6-8H2,1H3,(H,18,19). The number of aromatic carboxylic acids is 1. The average molecular weight is 273 g/mol. The molecule has 1 aliphatic heterocycles. The molecule has 1 saturated heterocycles. The van der Waals surface area contributed by atoms with E-state index in [-0.39, 0.29) is 11.7 Å². The van der Waals surface area contributed by atoms with Crippen molar-refractivity contribution in [2.24, 2.45) is 0 Å². The number of carboxylic acid groups (broad SMARTS) is 1. The van der Waals surface area contributed by atoms with Crippen LogP contribution >= 0.6 is 0 Å². The monoisotopic (exact) mass is 273 g/mol. The smallest absolute Gasteiger partial charge is 0.358 e. The van der Waals surface area contributed by atoms with E-state index in [2.05, 4.69) is 10.2 Å². The summed E-state index contributed by atoms with van der Waals surface area (Å²) >= 11 is 0. The Morgan fingerprint density at radius 3 is 2.95 bits per heavy atom. The fourth-order valence-corrected chi connectivity index (χ4v) is 2.53. The van der Waals surface area contributed by atoms with E-state index in [0.717, 1.165) is 5.39 Å². The third-order valence-corrected chi connectivity index (χ3v) is 3.50. The minimum Gasteiger partial charge on any atom is -0.476 e. The number of nitrogens with zero attached hydrogens (tertiary/aromatic N) is 3. The van der Waals surface area contributed by atoms with Gasteiger partial charge in [-0.15, -0.1) is 10.2 Å². The van der Waals surface area contributed by atoms with Crippen LogP contribution in [0.2, 0.25) is 0 Å². The van der Waals surface area contributed by atoms with Gasteiger partial charge in [0.25, 0.3) is 0 Å². The van der Waals surface area contributed by atoms with Crippen molar-refractivity contribution in [1.29, 1.82) is 0 Å². The molecular weight excluding hydrogens is 258 g/mol. The topological polar surface area (TPSA) is 75.5 Å². The number of hydrogen-bond donors (Lipinski definition) is 1. The lowest BCUT2D eigenvalue weighted by Crippen LogP contribution is -2.44. The second-order valence-electron chi connectivity index (χ2n) is 4.84. The largest absolute Gasteiger partial charge is 0.476 e. The zero-order chi connectivity index (χ0) is 14.1. The van der Waals surface area contributed by atoms with Gasteiger partial charge in [-0.2, -0.15) is 0 Å². The molecule has 104 valence electrons. The predicted octanol–water partition coefficient (Wildman–Crippen LogP) is 1.55. The van der Waals surface area contributed by atoms with Crippen molar-refractivity contribution in [2.75, 3.05) is 24.7 Å². The molecule has 6 nitrogen and oxygen atoms in total. The first-order chi connectivity index (χ1) is 9.68. The van der Waals surface area contributed by atoms with Crippen LogP contribution in [-0.2, 0) is 4.74 Å². The Bertz CT molecular complexity index is 659. The Hall–Kier alpha value is -2.21. The Balaban J connectivity index is 2.24. The van der Waals surface area contributed by atoms with Crippen molar-refractivity contribution in [3.05, 3.63) is 30.0 Å². The highest BCUT2D eigenvalue weighted by atomic mass is 16.5. The summed E-state index contributed by atoms with van der Waals surface area (Å²) in [5, 5.41) is 18.1. The second kappa shape index (κ2) is 5.05. The number of carbonyl (C=O) groups is 1. The Morgan fingerprint density at radius 2 is 2.20 bits per heavy atom. The number of morpholine rings is 1. The molecule has 1 aromatic carbocycles. The van der Waals surface area contributed by atoms with Gasteiger partial charge in [0.15, 0.2) is 5.69 Å². The zero-order valence-electron chi connectivity index (χ0n) is 11.1. The highest BCUT2D eigenvalue weighted by Crippen LogP contribution is 2.30. The molecule has 1 unspecified atom stereocenters. The first-order valence-corrected chi connectivity index (χ1v) is 6.51. The number of ether oxygens (including phenoxy) is 1. The molecule has 1 aliphatic rings. The van der Waals surface area contributed by atoms with Crippen LogP contribution in [0.5, 0.6) is 0 Å². The predicted molar refractivity (Wildman–Crippen MR) is 74.1 cm³/mol. The van der Waals surface area contributed by atoms with E-state index in [9.17, 15) is 9.90 Å². The fourth-order valence-electron chi connectivity index (χ4n) is 2.53. The molecule has 0 radical (unpaired) electrons. The summed E-state index contributed by atoms with van der Waals surface area (Å²) in [5.74, 6) is -1.06. The number of rotatable bonds is 2. The molecule has 0 saturated carbocycles. The van der Waals surface area contributed by atoms with Crippen molar-refractivity contribution >= 4 is 22.6 Å². The maximum Gasteiger partial charge on any atom is 0.358 e. The van der Waals surface area contributed by atoms with Crippen molar-refractivity contribution in [2.45, 2.75) is 13.0 Å². The lowest BCUT2D eigenvalue weighted by atomic mass is 10.1. The maximum atomic E-state index is 11.5. The van der Waals surface area contributed by atoms with Crippen LogP contribution in [0.25, 0.3) is 10.9 Å². The van der Waals surface area contributed by atoms with Gasteiger partial charge in [-0.25, -0.2) is 4.79 Å². The highest BCUT2D eigenvalue weighted by Gasteiger charge is 2.27. The van der Waals surface area contributed by atoms with Crippen LogP contribution in [-0.4, -0.2) is 47.1 Å². The number of aromatic nitrogens is 2. The number of fused-ring (bicyclic) bond motifs is 1. The molecule has 1 atom stereocenters. The van der Waals surface area contributed by atoms with Crippen LogP contribution in [0.3, 0.4) is 0 Å². The van der Waals surface area contributed by atoms with Crippen molar-refractivity contribution < 1.29 is 14.6 Å². The van der Waals surface area contributed by atoms with Gasteiger partial charge < -0.3 is 14.7 Å². The average Bonchev–Trinajstić information content (AvgIpc) is 2.46. The zero-order valence-corrected chi connectivity index (χ0v) is 11.1. The van der Waals surface area contributed by atoms with Crippen LogP contribution in [0.1, 0.15) is 17.4 Å². The Morgan fingerprint density at radius 1 is 1.40 bits per heavy atom. The second-order valence-corrected chi connectivity index (χ2v) is 4.84. The third-order valence-electron chi connectivity index (χ3n) is 3.50. The summed E-state index contributed by atoms with van der Waals surface area (Å²) in [6.07, 6.45) is 0. The van der Waals surface area contributed by atoms with Gasteiger partial charge in [-0.1, -0.05) is 18.2 Å². The molecule has 2 aromatic rings. The van der Waals surface area contributed by atoms with Gasteiger partial charge in [0.05, 0.1) is 24.4 Å². The lowest BCUT2D eigenvalue weighted by Gasteiger charge is -2.36. The molecule has 1 aromatic heterocycles. The van der Waals surface area contributed by atoms with Crippen LogP contribution in [0, 0.1) is 0 Å². The molecule has 1 fully saturated rings. The minimum absolute atomic E-state index is 0.00236. The lowest BCUT2D eigenvalue weighted by molar-refractivity contribution is 0.0687. The van der Waals surface area contributed by atoms with E-state index < -0.39 is 5.97 Å². The molecule has 3 rings (SSSR count). The first-order valence-electron chi connectivity index (χ1n) is 6.51. The summed E-state index contributed by atoms with van der Waals surface area (Å²) in [7, 11) is 0. The minimum atomic E-state index is -1.06. The summed E-state index contributed by atoms with van der Waals surface area (Å²) in [4.78, 5) is 13.5. The van der Waals surface area contributed by atoms with Crippen molar-refractivity contribution in [3.63, 3.8) is 0 Å². The molecule has 0 amide bonds.